The highest BCUT2D eigenvalue weighted by molar-refractivity contribution is 6.35. The summed E-state index contributed by atoms with van der Waals surface area (Å²) in [5, 5.41) is 8.72. The van der Waals surface area contributed by atoms with E-state index in [1.54, 1.807) is 18.2 Å². The topological polar surface area (TPSA) is 53.4 Å². The zero-order valence-electron chi connectivity index (χ0n) is 12.3. The van der Waals surface area contributed by atoms with Gasteiger partial charge in [0.15, 0.2) is 0 Å². The minimum absolute atomic E-state index is 0.0987. The summed E-state index contributed by atoms with van der Waals surface area (Å²) >= 11 is 11.8. The highest BCUT2D eigenvalue weighted by Gasteiger charge is 2.42. The highest BCUT2D eigenvalue weighted by atomic mass is 35.5. The van der Waals surface area contributed by atoms with Crippen molar-refractivity contribution in [3.05, 3.63) is 33.8 Å². The van der Waals surface area contributed by atoms with Crippen molar-refractivity contribution in [2.75, 3.05) is 0 Å². The molecular formula is C16H18Cl2N2O2. The predicted octanol–water partition coefficient (Wildman–Crippen LogP) is 4.14. The van der Waals surface area contributed by atoms with Gasteiger partial charge in [0.1, 0.15) is 6.10 Å². The number of benzene rings is 1. The quantitative estimate of drug-likeness (QED) is 0.500. The molecule has 2 bridgehead atoms. The van der Waals surface area contributed by atoms with Gasteiger partial charge in [0.05, 0.1) is 11.4 Å². The van der Waals surface area contributed by atoms with Crippen molar-refractivity contribution >= 4 is 35.0 Å². The van der Waals surface area contributed by atoms with Crippen molar-refractivity contribution in [3.63, 3.8) is 0 Å². The summed E-state index contributed by atoms with van der Waals surface area (Å²) in [7, 11) is 0. The Morgan fingerprint density at radius 1 is 1.18 bits per heavy atom. The number of amidine groups is 1. The average molecular weight is 341 g/mol. The van der Waals surface area contributed by atoms with E-state index >= 15 is 0 Å². The zero-order chi connectivity index (χ0) is 15.9. The SMILES string of the molecule is CC(=N)N1C2CCC1CC(OC(=O)c1cc(Cl)cc(Cl)c1)C2. The van der Waals surface area contributed by atoms with E-state index in [9.17, 15) is 4.79 Å². The molecule has 1 aromatic rings. The third kappa shape index (κ3) is 3.08. The van der Waals surface area contributed by atoms with E-state index in [1.807, 2.05) is 6.92 Å². The van der Waals surface area contributed by atoms with Gasteiger partial charge in [-0.2, -0.15) is 0 Å². The van der Waals surface area contributed by atoms with Crippen LogP contribution < -0.4 is 0 Å². The summed E-state index contributed by atoms with van der Waals surface area (Å²) in [5.41, 5.74) is 0.385. The molecule has 2 aliphatic heterocycles. The summed E-state index contributed by atoms with van der Waals surface area (Å²) in [6, 6.07) is 5.36. The number of esters is 1. The van der Waals surface area contributed by atoms with Gasteiger partial charge in [0.2, 0.25) is 0 Å². The normalized spacial score (nSPS) is 26.9. The van der Waals surface area contributed by atoms with E-state index in [2.05, 4.69) is 4.90 Å². The van der Waals surface area contributed by atoms with E-state index in [0.29, 0.717) is 33.5 Å². The first-order valence-corrected chi connectivity index (χ1v) is 8.20. The van der Waals surface area contributed by atoms with Gasteiger partial charge in [0.25, 0.3) is 0 Å². The fourth-order valence-electron chi connectivity index (χ4n) is 3.66. The summed E-state index contributed by atoms with van der Waals surface area (Å²) < 4.78 is 5.64. The lowest BCUT2D eigenvalue weighted by Crippen LogP contribution is -2.47. The van der Waals surface area contributed by atoms with Crippen molar-refractivity contribution in [3.8, 4) is 0 Å². The molecule has 4 nitrogen and oxygen atoms in total. The summed E-state index contributed by atoms with van der Waals surface area (Å²) in [6.45, 7) is 1.83. The van der Waals surface area contributed by atoms with Gasteiger partial charge in [-0.05, 0) is 38.0 Å². The van der Waals surface area contributed by atoms with Crippen LogP contribution in [0.5, 0.6) is 0 Å². The van der Waals surface area contributed by atoms with Crippen LogP contribution in [0.2, 0.25) is 10.0 Å². The second kappa shape index (κ2) is 6.09. The number of nitrogens with zero attached hydrogens (tertiary/aromatic N) is 1. The van der Waals surface area contributed by atoms with Crippen molar-refractivity contribution in [1.82, 2.24) is 4.90 Å². The number of hydrogen-bond acceptors (Lipinski definition) is 3. The molecule has 2 aliphatic rings. The molecule has 3 rings (SSSR count). The highest BCUT2D eigenvalue weighted by Crippen LogP contribution is 2.37. The third-order valence-corrected chi connectivity index (χ3v) is 4.89. The maximum Gasteiger partial charge on any atom is 0.338 e. The van der Waals surface area contributed by atoms with Crippen LogP contribution in [0, 0.1) is 5.41 Å². The van der Waals surface area contributed by atoms with E-state index in [-0.39, 0.29) is 12.1 Å². The first-order valence-electron chi connectivity index (χ1n) is 7.44. The number of piperidine rings is 1. The van der Waals surface area contributed by atoms with Gasteiger partial charge in [-0.25, -0.2) is 4.79 Å². The van der Waals surface area contributed by atoms with Gasteiger partial charge in [-0.15, -0.1) is 0 Å². The van der Waals surface area contributed by atoms with E-state index in [1.165, 1.54) is 0 Å². The summed E-state index contributed by atoms with van der Waals surface area (Å²) in [4.78, 5) is 14.4. The summed E-state index contributed by atoms with van der Waals surface area (Å²) in [6.07, 6.45) is 3.61. The third-order valence-electron chi connectivity index (χ3n) is 4.45. The number of carbonyl (C=O) groups excluding carboxylic acids is 1. The summed E-state index contributed by atoms with van der Waals surface area (Å²) in [5.74, 6) is 0.229. The first kappa shape index (κ1) is 15.6. The Bertz CT molecular complexity index is 586. The van der Waals surface area contributed by atoms with Crippen LogP contribution in [0.15, 0.2) is 18.2 Å². The molecule has 2 saturated heterocycles. The number of fused-ring (bicyclic) bond motifs is 2. The molecule has 0 aromatic heterocycles. The fourth-order valence-corrected chi connectivity index (χ4v) is 4.19. The molecule has 0 amide bonds. The van der Waals surface area contributed by atoms with Gasteiger partial charge in [0, 0.05) is 35.0 Å². The minimum atomic E-state index is -0.381. The molecule has 2 heterocycles. The Labute approximate surface area is 139 Å². The number of halogens is 2. The second-order valence-corrected chi connectivity index (χ2v) is 6.91. The Kier molecular flexibility index (Phi) is 4.33. The number of rotatable bonds is 2. The van der Waals surface area contributed by atoms with Crippen molar-refractivity contribution in [1.29, 1.82) is 5.41 Å². The van der Waals surface area contributed by atoms with Crippen molar-refractivity contribution in [2.45, 2.75) is 50.8 Å². The largest absolute Gasteiger partial charge is 0.459 e. The van der Waals surface area contributed by atoms with Crippen LogP contribution in [-0.2, 0) is 4.74 Å². The van der Waals surface area contributed by atoms with Crippen LogP contribution in [0.3, 0.4) is 0 Å². The second-order valence-electron chi connectivity index (χ2n) is 6.03. The standard InChI is InChI=1S/C16H18Cl2N2O2/c1-9(19)20-13-2-3-14(20)8-15(7-13)22-16(21)10-4-11(17)6-12(18)5-10/h4-6,13-15,19H,2-3,7-8H2,1H3. The van der Waals surface area contributed by atoms with Crippen LogP contribution in [-0.4, -0.2) is 34.9 Å². The minimum Gasteiger partial charge on any atom is -0.459 e. The Hall–Kier alpha value is -1.26. The smallest absolute Gasteiger partial charge is 0.338 e. The molecular weight excluding hydrogens is 323 g/mol. The monoisotopic (exact) mass is 340 g/mol. The number of hydrogen-bond donors (Lipinski definition) is 1. The van der Waals surface area contributed by atoms with Crippen molar-refractivity contribution in [2.24, 2.45) is 0 Å². The molecule has 1 aromatic carbocycles. The van der Waals surface area contributed by atoms with Crippen LogP contribution in [0.1, 0.15) is 43.0 Å². The molecule has 0 saturated carbocycles. The Morgan fingerprint density at radius 3 is 2.23 bits per heavy atom. The molecule has 6 heteroatoms. The lowest BCUT2D eigenvalue weighted by molar-refractivity contribution is 0.00635. The number of carbonyl (C=O) groups is 1. The number of nitrogens with one attached hydrogen (secondary N) is 1. The Balaban J connectivity index is 1.67. The zero-order valence-corrected chi connectivity index (χ0v) is 13.8. The lowest BCUT2D eigenvalue weighted by atomic mass is 9.99. The molecule has 0 radical (unpaired) electrons. The maximum absolute atomic E-state index is 12.3. The lowest BCUT2D eigenvalue weighted by Gasteiger charge is -2.39. The molecule has 118 valence electrons. The molecule has 2 unspecified atom stereocenters. The maximum atomic E-state index is 12.3. The molecule has 2 fully saturated rings. The molecule has 1 N–H and O–H groups in total. The van der Waals surface area contributed by atoms with Gasteiger partial charge in [-0.1, -0.05) is 23.2 Å². The van der Waals surface area contributed by atoms with Crippen LogP contribution in [0.4, 0.5) is 0 Å². The Morgan fingerprint density at radius 2 is 1.73 bits per heavy atom. The molecule has 0 spiro atoms. The van der Waals surface area contributed by atoms with Gasteiger partial charge >= 0.3 is 5.97 Å². The fraction of sp³-hybridized carbons (Fsp3) is 0.500. The van der Waals surface area contributed by atoms with Crippen molar-refractivity contribution < 1.29 is 9.53 Å². The van der Waals surface area contributed by atoms with E-state index in [0.717, 1.165) is 25.7 Å². The van der Waals surface area contributed by atoms with E-state index in [4.69, 9.17) is 33.3 Å². The van der Waals surface area contributed by atoms with Crippen LogP contribution in [0.25, 0.3) is 0 Å². The first-order chi connectivity index (χ1) is 10.4. The molecule has 22 heavy (non-hydrogen) atoms. The molecule has 2 atom stereocenters. The average Bonchev–Trinajstić information content (AvgIpc) is 2.70. The van der Waals surface area contributed by atoms with E-state index < -0.39 is 0 Å². The van der Waals surface area contributed by atoms with Crippen LogP contribution >= 0.6 is 23.2 Å². The van der Waals surface area contributed by atoms with Gasteiger partial charge < -0.3 is 9.64 Å². The predicted molar refractivity (Wildman–Crippen MR) is 86.9 cm³/mol. The molecule has 0 aliphatic carbocycles. The van der Waals surface area contributed by atoms with Gasteiger partial charge in [-0.3, -0.25) is 5.41 Å². The number of ether oxygens (including phenoxy) is 1.